The number of carbonyl (C=O) groups excluding carboxylic acids is 1. The van der Waals surface area contributed by atoms with Crippen LogP contribution in [0.3, 0.4) is 0 Å². The molecule has 0 saturated heterocycles. The van der Waals surface area contributed by atoms with Crippen LogP contribution in [0.5, 0.6) is 5.75 Å². The van der Waals surface area contributed by atoms with Gasteiger partial charge in [0.2, 0.25) is 0 Å². The van der Waals surface area contributed by atoms with E-state index in [4.69, 9.17) is 4.74 Å². The number of rotatable bonds is 3. The van der Waals surface area contributed by atoms with Crippen LogP contribution in [0.15, 0.2) is 42.5 Å². The molecule has 0 fully saturated rings. The van der Waals surface area contributed by atoms with Crippen molar-refractivity contribution in [2.75, 3.05) is 0 Å². The summed E-state index contributed by atoms with van der Waals surface area (Å²) in [4.78, 5) is 17.3. The quantitative estimate of drug-likeness (QED) is 0.798. The lowest BCUT2D eigenvalue weighted by Crippen LogP contribution is -2.25. The van der Waals surface area contributed by atoms with Crippen LogP contribution in [0.2, 0.25) is 0 Å². The molecule has 0 aliphatic carbocycles. The van der Waals surface area contributed by atoms with Crippen LogP contribution in [0.4, 0.5) is 0 Å². The summed E-state index contributed by atoms with van der Waals surface area (Å²) in [5.74, 6) is 1.70. The van der Waals surface area contributed by atoms with Gasteiger partial charge in [-0.2, -0.15) is 0 Å². The Hall–Kier alpha value is -2.82. The van der Waals surface area contributed by atoms with Crippen LogP contribution >= 0.6 is 0 Å². The third-order valence-electron chi connectivity index (χ3n) is 5.08. The number of ether oxygens (including phenoxy) is 1. The van der Waals surface area contributed by atoms with Gasteiger partial charge in [0.15, 0.2) is 0 Å². The summed E-state index contributed by atoms with van der Waals surface area (Å²) in [6, 6.07) is 13.7. The topological polar surface area (TPSA) is 56.2 Å². The van der Waals surface area contributed by atoms with Crippen molar-refractivity contribution in [1.29, 1.82) is 0 Å². The van der Waals surface area contributed by atoms with Gasteiger partial charge in [-0.15, -0.1) is 0 Å². The summed E-state index contributed by atoms with van der Waals surface area (Å²) in [6.45, 7) is 4.53. The highest BCUT2D eigenvalue weighted by molar-refractivity contribution is 5.97. The van der Waals surface area contributed by atoms with E-state index in [1.165, 1.54) is 0 Å². The molecule has 128 valence electrons. The molecule has 1 amide bonds. The molecule has 5 heteroatoms. The molecule has 0 spiro atoms. The van der Waals surface area contributed by atoms with E-state index in [2.05, 4.69) is 17.2 Å². The molecule has 1 aliphatic rings. The number of amides is 1. The first-order valence-corrected chi connectivity index (χ1v) is 8.54. The van der Waals surface area contributed by atoms with Gasteiger partial charge >= 0.3 is 0 Å². The minimum atomic E-state index is -0.134. The van der Waals surface area contributed by atoms with Gasteiger partial charge in [-0.3, -0.25) is 4.79 Å². The van der Waals surface area contributed by atoms with Gasteiger partial charge in [0.05, 0.1) is 23.1 Å². The highest BCUT2D eigenvalue weighted by Crippen LogP contribution is 2.40. The van der Waals surface area contributed by atoms with E-state index in [1.807, 2.05) is 61.0 Å². The lowest BCUT2D eigenvalue weighted by atomic mass is 9.97. The molecule has 25 heavy (non-hydrogen) atoms. The molecule has 0 unspecified atom stereocenters. The van der Waals surface area contributed by atoms with E-state index in [0.29, 0.717) is 23.8 Å². The fraction of sp³-hybridized carbons (Fsp3) is 0.300. The summed E-state index contributed by atoms with van der Waals surface area (Å²) in [7, 11) is 1.96. The Morgan fingerprint density at radius 2 is 2.00 bits per heavy atom. The zero-order chi connectivity index (χ0) is 17.6. The third kappa shape index (κ3) is 2.56. The highest BCUT2D eigenvalue weighted by Gasteiger charge is 2.31. The van der Waals surface area contributed by atoms with Crippen LogP contribution in [0.1, 0.15) is 41.5 Å². The Balaban J connectivity index is 1.56. The Labute approximate surface area is 146 Å². The SMILES string of the molecule is C[C@@H]1c2cccc(C(=O)NCc3nc4ccccc4n3C)c2O[C@@H]1C. The molecule has 1 aliphatic heterocycles. The first-order valence-electron chi connectivity index (χ1n) is 8.54. The number of aryl methyl sites for hydroxylation is 1. The number of hydrogen-bond acceptors (Lipinski definition) is 3. The number of aromatic nitrogens is 2. The van der Waals surface area contributed by atoms with Crippen molar-refractivity contribution < 1.29 is 9.53 Å². The van der Waals surface area contributed by atoms with Gasteiger partial charge in [0, 0.05) is 18.5 Å². The average molecular weight is 335 g/mol. The van der Waals surface area contributed by atoms with Crippen molar-refractivity contribution in [3.63, 3.8) is 0 Å². The maximum absolute atomic E-state index is 12.7. The molecule has 0 saturated carbocycles. The third-order valence-corrected chi connectivity index (χ3v) is 5.08. The van der Waals surface area contributed by atoms with Crippen molar-refractivity contribution in [3.05, 3.63) is 59.4 Å². The van der Waals surface area contributed by atoms with Gasteiger partial charge in [0.1, 0.15) is 17.7 Å². The largest absolute Gasteiger partial charge is 0.489 e. The summed E-state index contributed by atoms with van der Waals surface area (Å²) in [5.41, 5.74) is 3.68. The van der Waals surface area contributed by atoms with Crippen molar-refractivity contribution in [3.8, 4) is 5.75 Å². The van der Waals surface area contributed by atoms with Crippen molar-refractivity contribution in [1.82, 2.24) is 14.9 Å². The number of imidazole rings is 1. The molecule has 1 N–H and O–H groups in total. The van der Waals surface area contributed by atoms with Crippen LogP contribution in [-0.2, 0) is 13.6 Å². The average Bonchev–Trinajstić information content (AvgIpc) is 3.10. The molecule has 1 aromatic heterocycles. The lowest BCUT2D eigenvalue weighted by Gasteiger charge is -2.10. The Bertz CT molecular complexity index is 961. The maximum Gasteiger partial charge on any atom is 0.255 e. The van der Waals surface area contributed by atoms with E-state index in [-0.39, 0.29) is 12.0 Å². The Morgan fingerprint density at radius 1 is 1.20 bits per heavy atom. The second kappa shape index (κ2) is 5.92. The molecule has 0 bridgehead atoms. The molecular formula is C20H21N3O2. The van der Waals surface area contributed by atoms with Gasteiger partial charge in [0.25, 0.3) is 5.91 Å². The van der Waals surface area contributed by atoms with Crippen LogP contribution in [-0.4, -0.2) is 21.6 Å². The molecule has 2 aromatic carbocycles. The summed E-state index contributed by atoms with van der Waals surface area (Å²) in [6.07, 6.45) is 0.0868. The van der Waals surface area contributed by atoms with E-state index in [1.54, 1.807) is 0 Å². The van der Waals surface area contributed by atoms with E-state index < -0.39 is 0 Å². The summed E-state index contributed by atoms with van der Waals surface area (Å²) < 4.78 is 7.92. The monoisotopic (exact) mass is 335 g/mol. The number of fused-ring (bicyclic) bond motifs is 2. The van der Waals surface area contributed by atoms with E-state index in [0.717, 1.165) is 22.4 Å². The van der Waals surface area contributed by atoms with Gasteiger partial charge < -0.3 is 14.6 Å². The van der Waals surface area contributed by atoms with Crippen molar-refractivity contribution >= 4 is 16.9 Å². The Kier molecular flexibility index (Phi) is 3.71. The molecular weight excluding hydrogens is 314 g/mol. The molecule has 2 heterocycles. The second-order valence-electron chi connectivity index (χ2n) is 6.59. The zero-order valence-corrected chi connectivity index (χ0v) is 14.6. The van der Waals surface area contributed by atoms with Gasteiger partial charge in [-0.1, -0.05) is 31.2 Å². The number of carbonyl (C=O) groups is 1. The fourth-order valence-corrected chi connectivity index (χ4v) is 3.37. The van der Waals surface area contributed by atoms with Gasteiger partial charge in [-0.05, 0) is 25.1 Å². The van der Waals surface area contributed by atoms with Gasteiger partial charge in [-0.25, -0.2) is 4.98 Å². The predicted octanol–water partition coefficient (Wildman–Crippen LogP) is 3.39. The summed E-state index contributed by atoms with van der Waals surface area (Å²) in [5, 5.41) is 2.97. The van der Waals surface area contributed by atoms with Crippen LogP contribution < -0.4 is 10.1 Å². The summed E-state index contributed by atoms with van der Waals surface area (Å²) >= 11 is 0. The first-order chi connectivity index (χ1) is 12.1. The first kappa shape index (κ1) is 15.7. The normalized spacial score (nSPS) is 18.8. The predicted molar refractivity (Wildman–Crippen MR) is 96.8 cm³/mol. The number of para-hydroxylation sites is 3. The zero-order valence-electron chi connectivity index (χ0n) is 14.6. The molecule has 3 aromatic rings. The number of nitrogens with zero attached hydrogens (tertiary/aromatic N) is 2. The van der Waals surface area contributed by atoms with E-state index >= 15 is 0 Å². The Morgan fingerprint density at radius 3 is 2.80 bits per heavy atom. The molecule has 2 atom stereocenters. The minimum Gasteiger partial charge on any atom is -0.489 e. The van der Waals surface area contributed by atoms with Crippen molar-refractivity contribution in [2.24, 2.45) is 7.05 Å². The molecule has 0 radical (unpaired) electrons. The van der Waals surface area contributed by atoms with Crippen LogP contribution in [0.25, 0.3) is 11.0 Å². The molecule has 5 nitrogen and oxygen atoms in total. The number of benzene rings is 2. The standard InChI is InChI=1S/C20H21N3O2/c1-12-13(2)25-19-14(12)7-6-8-15(19)20(24)21-11-18-22-16-9-4-5-10-17(16)23(18)3/h4-10,12-13H,11H2,1-3H3,(H,21,24)/t12-,13+/m0/s1. The van der Waals surface area contributed by atoms with Crippen LogP contribution in [0, 0.1) is 0 Å². The smallest absolute Gasteiger partial charge is 0.255 e. The molecule has 4 rings (SSSR count). The van der Waals surface area contributed by atoms with E-state index in [9.17, 15) is 4.79 Å². The highest BCUT2D eigenvalue weighted by atomic mass is 16.5. The lowest BCUT2D eigenvalue weighted by molar-refractivity contribution is 0.0944. The maximum atomic E-state index is 12.7. The number of nitrogens with one attached hydrogen (secondary N) is 1. The van der Waals surface area contributed by atoms with Crippen molar-refractivity contribution in [2.45, 2.75) is 32.4 Å². The number of hydrogen-bond donors (Lipinski definition) is 1. The fourth-order valence-electron chi connectivity index (χ4n) is 3.37. The minimum absolute atomic E-state index is 0.0868. The second-order valence-corrected chi connectivity index (χ2v) is 6.59.